The number of rotatable bonds is 1. The smallest absolute Gasteiger partial charge is 0.214 e. The first kappa shape index (κ1) is 15.9. The first-order chi connectivity index (χ1) is 13.7. The lowest BCUT2D eigenvalue weighted by atomic mass is 9.99. The highest BCUT2D eigenvalue weighted by atomic mass is 15.0. The van der Waals surface area contributed by atoms with Crippen LogP contribution in [0.1, 0.15) is 31.0 Å². The first-order valence-electron chi connectivity index (χ1n) is 10.2. The molecule has 28 heavy (non-hydrogen) atoms. The van der Waals surface area contributed by atoms with Gasteiger partial charge in [-0.15, -0.1) is 0 Å². The molecule has 2 nitrogen and oxygen atoms in total. The highest BCUT2D eigenvalue weighted by Crippen LogP contribution is 2.41. The van der Waals surface area contributed by atoms with Crippen molar-refractivity contribution in [3.63, 3.8) is 0 Å². The molecule has 0 saturated heterocycles. The van der Waals surface area contributed by atoms with Gasteiger partial charge in [0, 0.05) is 58.4 Å². The minimum atomic E-state index is 0.337. The van der Waals surface area contributed by atoms with E-state index in [4.69, 9.17) is 0 Å². The van der Waals surface area contributed by atoms with Gasteiger partial charge in [-0.25, -0.2) is 0 Å². The molecular weight excluding hydrogens is 340 g/mol. The molecule has 2 heteroatoms. The van der Waals surface area contributed by atoms with Crippen molar-refractivity contribution in [3.8, 4) is 11.3 Å². The zero-order valence-electron chi connectivity index (χ0n) is 16.5. The summed E-state index contributed by atoms with van der Waals surface area (Å²) in [5.41, 5.74) is 9.50. The molecule has 6 rings (SSSR count). The number of para-hydroxylation sites is 2. The Hall–Kier alpha value is -3.13. The van der Waals surface area contributed by atoms with Crippen molar-refractivity contribution in [2.45, 2.75) is 33.4 Å². The Morgan fingerprint density at radius 2 is 1.61 bits per heavy atom. The van der Waals surface area contributed by atoms with Gasteiger partial charge in [-0.2, -0.15) is 4.57 Å². The van der Waals surface area contributed by atoms with Gasteiger partial charge in [-0.05, 0) is 43.7 Å². The third-order valence-electron chi connectivity index (χ3n) is 6.57. The van der Waals surface area contributed by atoms with Crippen molar-refractivity contribution in [1.82, 2.24) is 4.57 Å². The van der Waals surface area contributed by atoms with E-state index in [0.717, 1.165) is 6.54 Å². The number of aromatic nitrogens is 2. The van der Waals surface area contributed by atoms with Crippen LogP contribution in [-0.2, 0) is 6.54 Å². The maximum atomic E-state index is 2.52. The van der Waals surface area contributed by atoms with Crippen molar-refractivity contribution < 1.29 is 4.57 Å². The summed E-state index contributed by atoms with van der Waals surface area (Å²) in [6.45, 7) is 7.78. The Morgan fingerprint density at radius 1 is 0.857 bits per heavy atom. The molecule has 0 amide bonds. The van der Waals surface area contributed by atoms with E-state index in [1.54, 1.807) is 0 Å². The Morgan fingerprint density at radius 3 is 2.43 bits per heavy atom. The summed E-state index contributed by atoms with van der Waals surface area (Å²) in [5, 5.41) is 4.08. The maximum Gasteiger partial charge on any atom is 0.214 e. The largest absolute Gasteiger partial charge is 0.341 e. The summed E-state index contributed by atoms with van der Waals surface area (Å²) in [5.74, 6) is 0. The van der Waals surface area contributed by atoms with Crippen molar-refractivity contribution in [2.75, 3.05) is 0 Å². The molecule has 0 bridgehead atoms. The predicted octanol–water partition coefficient (Wildman–Crippen LogP) is 6.15. The van der Waals surface area contributed by atoms with Crippen molar-refractivity contribution >= 4 is 32.7 Å². The topological polar surface area (TPSA) is 8.81 Å². The minimum absolute atomic E-state index is 0.337. The fourth-order valence-corrected chi connectivity index (χ4v) is 5.28. The number of nitrogens with zero attached hydrogens (tertiary/aromatic N) is 2. The standard InChI is InChI=1S/C26H23N2/c1-4-27-23-11-7-6-10-19(23)21-14-20-17(3)28-24-12-8-5-9-18(24)16(2)13-26(28)22(20)15-25(21)27/h5-15,17H,4H2,1-3H3/q+1. The molecule has 3 heterocycles. The molecule has 0 radical (unpaired) electrons. The van der Waals surface area contributed by atoms with E-state index in [2.05, 4.69) is 96.6 Å². The second kappa shape index (κ2) is 5.45. The van der Waals surface area contributed by atoms with Crippen LogP contribution < -0.4 is 4.57 Å². The summed E-state index contributed by atoms with van der Waals surface area (Å²) >= 11 is 0. The summed E-state index contributed by atoms with van der Waals surface area (Å²) in [6.07, 6.45) is 0. The SMILES string of the molecule is CCn1c2ccccc2c2cc3c(cc21)-c1cc(C)c2ccccc2[n+]1C3C. The molecule has 1 aliphatic heterocycles. The van der Waals surface area contributed by atoms with Gasteiger partial charge in [0.1, 0.15) is 0 Å². The van der Waals surface area contributed by atoms with Crippen molar-refractivity contribution in [1.29, 1.82) is 0 Å². The van der Waals surface area contributed by atoms with Crippen LogP contribution in [0.2, 0.25) is 0 Å². The van der Waals surface area contributed by atoms with Crippen molar-refractivity contribution in [3.05, 3.63) is 77.9 Å². The molecule has 0 aliphatic carbocycles. The summed E-state index contributed by atoms with van der Waals surface area (Å²) < 4.78 is 4.97. The molecule has 1 atom stereocenters. The number of pyridine rings is 1. The lowest BCUT2D eigenvalue weighted by Gasteiger charge is -2.06. The van der Waals surface area contributed by atoms with Gasteiger partial charge in [-0.1, -0.05) is 30.3 Å². The average molecular weight is 363 g/mol. The van der Waals surface area contributed by atoms with E-state index < -0.39 is 0 Å². The van der Waals surface area contributed by atoms with E-state index in [9.17, 15) is 0 Å². The Balaban J connectivity index is 1.76. The molecule has 1 aliphatic rings. The molecule has 0 saturated carbocycles. The second-order valence-electron chi connectivity index (χ2n) is 7.99. The van der Waals surface area contributed by atoms with Crippen LogP contribution in [0.25, 0.3) is 44.0 Å². The third kappa shape index (κ3) is 1.85. The monoisotopic (exact) mass is 363 g/mol. The van der Waals surface area contributed by atoms with Gasteiger partial charge in [0.25, 0.3) is 0 Å². The van der Waals surface area contributed by atoms with Gasteiger partial charge in [-0.3, -0.25) is 0 Å². The summed E-state index contributed by atoms with van der Waals surface area (Å²) in [6, 6.07) is 25.2. The van der Waals surface area contributed by atoms with Crippen LogP contribution in [0.3, 0.4) is 0 Å². The quantitative estimate of drug-likeness (QED) is 0.316. The molecule has 0 N–H and O–H groups in total. The number of benzene rings is 3. The van der Waals surface area contributed by atoms with E-state index in [1.807, 2.05) is 0 Å². The Bertz CT molecular complexity index is 1420. The number of hydrogen-bond donors (Lipinski definition) is 0. The lowest BCUT2D eigenvalue weighted by Crippen LogP contribution is -2.37. The average Bonchev–Trinajstić information content (AvgIpc) is 3.19. The van der Waals surface area contributed by atoms with Crippen LogP contribution in [0.15, 0.2) is 66.7 Å². The Labute approximate surface area is 164 Å². The molecule has 136 valence electrons. The second-order valence-corrected chi connectivity index (χ2v) is 7.99. The normalized spacial score (nSPS) is 15.5. The van der Waals surface area contributed by atoms with Crippen LogP contribution >= 0.6 is 0 Å². The van der Waals surface area contributed by atoms with Crippen LogP contribution in [0.5, 0.6) is 0 Å². The molecule has 0 fully saturated rings. The fraction of sp³-hybridized carbons (Fsp3) is 0.192. The lowest BCUT2D eigenvalue weighted by molar-refractivity contribution is -0.669. The van der Waals surface area contributed by atoms with Gasteiger partial charge >= 0.3 is 0 Å². The van der Waals surface area contributed by atoms with E-state index >= 15 is 0 Å². The van der Waals surface area contributed by atoms with Crippen LogP contribution in [-0.4, -0.2) is 4.57 Å². The fourth-order valence-electron chi connectivity index (χ4n) is 5.28. The highest BCUT2D eigenvalue weighted by Gasteiger charge is 2.36. The summed E-state index contributed by atoms with van der Waals surface area (Å²) in [7, 11) is 0. The predicted molar refractivity (Wildman–Crippen MR) is 117 cm³/mol. The Kier molecular flexibility index (Phi) is 3.09. The zero-order chi connectivity index (χ0) is 19.0. The minimum Gasteiger partial charge on any atom is -0.341 e. The molecular formula is C26H23N2+. The van der Waals surface area contributed by atoms with E-state index in [0.29, 0.717) is 6.04 Å². The first-order valence-corrected chi connectivity index (χ1v) is 10.2. The zero-order valence-corrected chi connectivity index (χ0v) is 16.5. The third-order valence-corrected chi connectivity index (χ3v) is 6.57. The number of fused-ring (bicyclic) bond motifs is 8. The van der Waals surface area contributed by atoms with Crippen LogP contribution in [0, 0.1) is 6.92 Å². The van der Waals surface area contributed by atoms with E-state index in [1.165, 1.54) is 55.1 Å². The molecule has 0 spiro atoms. The summed E-state index contributed by atoms with van der Waals surface area (Å²) in [4.78, 5) is 0. The molecule has 5 aromatic rings. The number of aryl methyl sites for hydroxylation is 2. The van der Waals surface area contributed by atoms with Gasteiger partial charge in [0.05, 0.1) is 5.56 Å². The molecule has 3 aromatic carbocycles. The van der Waals surface area contributed by atoms with Gasteiger partial charge < -0.3 is 4.57 Å². The number of hydrogen-bond acceptors (Lipinski definition) is 0. The van der Waals surface area contributed by atoms with Gasteiger partial charge in [0.2, 0.25) is 11.2 Å². The maximum absolute atomic E-state index is 2.52. The highest BCUT2D eigenvalue weighted by molar-refractivity contribution is 6.09. The van der Waals surface area contributed by atoms with E-state index in [-0.39, 0.29) is 0 Å². The molecule has 2 aromatic heterocycles. The van der Waals surface area contributed by atoms with Crippen molar-refractivity contribution in [2.24, 2.45) is 0 Å². The van der Waals surface area contributed by atoms with Gasteiger partial charge in [0.15, 0.2) is 6.04 Å². The van der Waals surface area contributed by atoms with Crippen LogP contribution in [0.4, 0.5) is 0 Å². The molecule has 1 unspecified atom stereocenters.